The molecule has 0 radical (unpaired) electrons. The summed E-state index contributed by atoms with van der Waals surface area (Å²) in [5, 5.41) is 14.8. The number of aromatic nitrogens is 1. The number of hydrogen-bond acceptors (Lipinski definition) is 5. The van der Waals surface area contributed by atoms with Crippen LogP contribution in [-0.2, 0) is 9.59 Å². The van der Waals surface area contributed by atoms with Crippen LogP contribution in [-0.4, -0.2) is 42.3 Å². The van der Waals surface area contributed by atoms with Crippen molar-refractivity contribution >= 4 is 17.9 Å². The number of nitrogens with one attached hydrogen (secondary N) is 2. The molecule has 0 aromatic carbocycles. The third kappa shape index (κ3) is 9.38. The molecule has 0 bridgehead atoms. The van der Waals surface area contributed by atoms with Crippen molar-refractivity contribution in [2.75, 3.05) is 14.1 Å². The average Bonchev–Trinajstić information content (AvgIpc) is 3.06. The molecule has 7 heteroatoms. The van der Waals surface area contributed by atoms with Gasteiger partial charge in [-0.15, -0.1) is 0 Å². The fraction of sp³-hybridized carbons (Fsp3) is 0.364. The third-order valence-electron chi connectivity index (χ3n) is 3.44. The molecule has 29 heavy (non-hydrogen) atoms. The largest absolute Gasteiger partial charge is 0.360 e. The van der Waals surface area contributed by atoms with Crippen LogP contribution in [0, 0.1) is 11.3 Å². The van der Waals surface area contributed by atoms with Gasteiger partial charge in [-0.1, -0.05) is 45.6 Å². The molecule has 7 nitrogen and oxygen atoms in total. The summed E-state index contributed by atoms with van der Waals surface area (Å²) in [6.07, 6.45) is 9.63. The van der Waals surface area contributed by atoms with Gasteiger partial charge in [0.15, 0.2) is 0 Å². The standard InChI is InChI=1S/C17H18N4O.C3H7NO.C2H6/c1-3-6-13(16-14(11-18)8-5-10-19-16)7-4-9-15-17(22)21-12(2)20-15;1-4(2)3-5;1-2/h4-8,10,15,20H,2-3,9H2,1H3,(H,21,22);3H,1-2H3;1-2H3/b7-4-,13-6+;;. The highest BCUT2D eigenvalue weighted by Crippen LogP contribution is 2.19. The number of nitriles is 1. The highest BCUT2D eigenvalue weighted by Gasteiger charge is 2.24. The van der Waals surface area contributed by atoms with Crippen LogP contribution < -0.4 is 10.6 Å². The second kappa shape index (κ2) is 14.6. The summed E-state index contributed by atoms with van der Waals surface area (Å²) in [4.78, 5) is 26.8. The lowest BCUT2D eigenvalue weighted by Crippen LogP contribution is -2.27. The van der Waals surface area contributed by atoms with Gasteiger partial charge in [0.1, 0.15) is 12.1 Å². The third-order valence-corrected chi connectivity index (χ3v) is 3.44. The molecule has 2 amide bonds. The quantitative estimate of drug-likeness (QED) is 0.568. The molecule has 1 saturated heterocycles. The van der Waals surface area contributed by atoms with Crippen molar-refractivity contribution in [3.8, 4) is 6.07 Å². The maximum absolute atomic E-state index is 11.6. The van der Waals surface area contributed by atoms with Crippen LogP contribution in [0.1, 0.15) is 44.9 Å². The van der Waals surface area contributed by atoms with Crippen LogP contribution in [0.4, 0.5) is 0 Å². The number of nitrogens with zero attached hydrogens (tertiary/aromatic N) is 3. The van der Waals surface area contributed by atoms with Crippen LogP contribution in [0.25, 0.3) is 5.57 Å². The monoisotopic (exact) mass is 397 g/mol. The number of amides is 2. The second-order valence-electron chi connectivity index (χ2n) is 5.95. The van der Waals surface area contributed by atoms with Crippen LogP contribution >= 0.6 is 0 Å². The first-order valence-corrected chi connectivity index (χ1v) is 9.53. The Bertz CT molecular complexity index is 776. The zero-order valence-electron chi connectivity index (χ0n) is 17.9. The first-order chi connectivity index (χ1) is 13.9. The SMILES string of the molecule is C=C1NC(=O)C(C/C=C\C(=C/CC)c2ncccc2C#N)N1.CC.CN(C)C=O. The van der Waals surface area contributed by atoms with Crippen molar-refractivity contribution in [3.63, 3.8) is 0 Å². The summed E-state index contributed by atoms with van der Waals surface area (Å²) < 4.78 is 0. The van der Waals surface area contributed by atoms with Gasteiger partial charge in [-0.2, -0.15) is 5.26 Å². The van der Waals surface area contributed by atoms with Gasteiger partial charge in [-0.05, 0) is 30.5 Å². The Balaban J connectivity index is 0.000000977. The first-order valence-electron chi connectivity index (χ1n) is 9.53. The molecule has 0 aliphatic carbocycles. The number of allylic oxidation sites excluding steroid dienone is 3. The Hall–Kier alpha value is -3.40. The van der Waals surface area contributed by atoms with Gasteiger partial charge >= 0.3 is 0 Å². The van der Waals surface area contributed by atoms with Gasteiger partial charge < -0.3 is 15.5 Å². The van der Waals surface area contributed by atoms with E-state index in [9.17, 15) is 14.9 Å². The van der Waals surface area contributed by atoms with Crippen molar-refractivity contribution in [2.45, 2.75) is 39.7 Å². The number of hydrogen-bond donors (Lipinski definition) is 2. The molecule has 1 atom stereocenters. The van der Waals surface area contributed by atoms with E-state index in [0.29, 0.717) is 23.5 Å². The highest BCUT2D eigenvalue weighted by molar-refractivity contribution is 5.86. The summed E-state index contributed by atoms with van der Waals surface area (Å²) in [7, 11) is 3.38. The van der Waals surface area contributed by atoms with Crippen molar-refractivity contribution in [1.29, 1.82) is 5.26 Å². The first kappa shape index (κ1) is 25.6. The zero-order chi connectivity index (χ0) is 22.2. The van der Waals surface area contributed by atoms with E-state index < -0.39 is 0 Å². The van der Waals surface area contributed by atoms with Gasteiger partial charge in [0.25, 0.3) is 0 Å². The van der Waals surface area contributed by atoms with Crippen molar-refractivity contribution in [2.24, 2.45) is 0 Å². The normalized spacial score (nSPS) is 15.2. The number of rotatable bonds is 6. The lowest BCUT2D eigenvalue weighted by atomic mass is 10.0. The summed E-state index contributed by atoms with van der Waals surface area (Å²) in [5.74, 6) is 0.454. The Morgan fingerprint density at radius 2 is 2.07 bits per heavy atom. The van der Waals surface area contributed by atoms with E-state index in [2.05, 4.69) is 28.3 Å². The molecule has 1 fully saturated rings. The van der Waals surface area contributed by atoms with E-state index in [0.717, 1.165) is 18.4 Å². The molecule has 2 N–H and O–H groups in total. The molecule has 0 spiro atoms. The Labute approximate surface area is 173 Å². The Morgan fingerprint density at radius 1 is 1.41 bits per heavy atom. The van der Waals surface area contributed by atoms with Crippen LogP contribution in [0.3, 0.4) is 0 Å². The molecule has 1 unspecified atom stereocenters. The Kier molecular flexibility index (Phi) is 12.9. The molecule has 0 saturated carbocycles. The second-order valence-corrected chi connectivity index (χ2v) is 5.95. The van der Waals surface area contributed by atoms with Gasteiger partial charge in [0.2, 0.25) is 12.3 Å². The molecule has 2 rings (SSSR count). The van der Waals surface area contributed by atoms with E-state index in [1.54, 1.807) is 32.4 Å². The van der Waals surface area contributed by atoms with Crippen molar-refractivity contribution in [3.05, 3.63) is 60.2 Å². The summed E-state index contributed by atoms with van der Waals surface area (Å²) in [6.45, 7) is 9.70. The summed E-state index contributed by atoms with van der Waals surface area (Å²) >= 11 is 0. The molecular weight excluding hydrogens is 366 g/mol. The number of carbonyl (C=O) groups is 2. The highest BCUT2D eigenvalue weighted by atomic mass is 16.2. The van der Waals surface area contributed by atoms with E-state index in [1.165, 1.54) is 4.90 Å². The minimum atomic E-state index is -0.300. The van der Waals surface area contributed by atoms with Gasteiger partial charge in [0, 0.05) is 20.3 Å². The Morgan fingerprint density at radius 3 is 2.55 bits per heavy atom. The van der Waals surface area contributed by atoms with Crippen LogP contribution in [0.15, 0.2) is 49.0 Å². The summed E-state index contributed by atoms with van der Waals surface area (Å²) in [6, 6.07) is 5.34. The predicted octanol–water partition coefficient (Wildman–Crippen LogP) is 2.98. The lowest BCUT2D eigenvalue weighted by molar-refractivity contribution is -0.120. The molecule has 2 heterocycles. The molecule has 1 aliphatic rings. The molecule has 1 aromatic rings. The molecule has 1 aromatic heterocycles. The molecule has 1 aliphatic heterocycles. The van der Waals surface area contributed by atoms with Crippen molar-refractivity contribution in [1.82, 2.24) is 20.5 Å². The predicted molar refractivity (Wildman–Crippen MR) is 116 cm³/mol. The van der Waals surface area contributed by atoms with E-state index in [1.807, 2.05) is 39.0 Å². The number of carbonyl (C=O) groups excluding carboxylic acids is 2. The van der Waals surface area contributed by atoms with E-state index >= 15 is 0 Å². The summed E-state index contributed by atoms with van der Waals surface area (Å²) in [5.41, 5.74) is 2.09. The minimum Gasteiger partial charge on any atom is -0.360 e. The maximum Gasteiger partial charge on any atom is 0.248 e. The fourth-order valence-electron chi connectivity index (χ4n) is 2.23. The van der Waals surface area contributed by atoms with Crippen LogP contribution in [0.5, 0.6) is 0 Å². The van der Waals surface area contributed by atoms with Crippen molar-refractivity contribution < 1.29 is 9.59 Å². The minimum absolute atomic E-state index is 0.0776. The topological polar surface area (TPSA) is 98.1 Å². The molecule has 156 valence electrons. The van der Waals surface area contributed by atoms with E-state index in [4.69, 9.17) is 0 Å². The van der Waals surface area contributed by atoms with Gasteiger partial charge in [-0.3, -0.25) is 14.6 Å². The van der Waals surface area contributed by atoms with Gasteiger partial charge in [0.05, 0.1) is 17.1 Å². The molecular formula is C22H31N5O2. The smallest absolute Gasteiger partial charge is 0.248 e. The van der Waals surface area contributed by atoms with Gasteiger partial charge in [-0.25, -0.2) is 0 Å². The van der Waals surface area contributed by atoms with E-state index in [-0.39, 0.29) is 11.9 Å². The van der Waals surface area contributed by atoms with Crippen LogP contribution in [0.2, 0.25) is 0 Å². The fourth-order valence-corrected chi connectivity index (χ4v) is 2.23. The maximum atomic E-state index is 11.6. The average molecular weight is 398 g/mol. The number of pyridine rings is 1. The lowest BCUT2D eigenvalue weighted by Gasteiger charge is -2.06. The zero-order valence-corrected chi connectivity index (χ0v) is 17.9.